The van der Waals surface area contributed by atoms with E-state index in [1.165, 1.54) is 0 Å². The summed E-state index contributed by atoms with van der Waals surface area (Å²) in [6, 6.07) is 15.1. The van der Waals surface area contributed by atoms with Gasteiger partial charge in [0.15, 0.2) is 6.29 Å². The molecule has 0 aliphatic rings. The fourth-order valence-corrected chi connectivity index (χ4v) is 3.30. The lowest BCUT2D eigenvalue weighted by atomic mass is 9.91. The Bertz CT molecular complexity index is 726. The summed E-state index contributed by atoms with van der Waals surface area (Å²) in [5.74, 6) is 0.798. The van der Waals surface area contributed by atoms with Crippen LogP contribution in [0.2, 0.25) is 0 Å². The van der Waals surface area contributed by atoms with Crippen molar-refractivity contribution in [1.82, 2.24) is 0 Å². The molecule has 2 aromatic rings. The average molecular weight is 402 g/mol. The molecule has 0 saturated heterocycles. The highest BCUT2D eigenvalue weighted by Gasteiger charge is 2.21. The molecule has 0 aliphatic heterocycles. The summed E-state index contributed by atoms with van der Waals surface area (Å²) in [5, 5.41) is 28.7. The summed E-state index contributed by atoms with van der Waals surface area (Å²) in [6.45, 7) is 5.44. The van der Waals surface area contributed by atoms with Crippen molar-refractivity contribution in [2.45, 2.75) is 64.4 Å². The number of anilines is 1. The maximum absolute atomic E-state index is 10.4. The van der Waals surface area contributed by atoms with Gasteiger partial charge in [0, 0.05) is 30.9 Å². The molecule has 3 N–H and O–H groups in total. The molecule has 0 aliphatic carbocycles. The number of rotatable bonds is 12. The van der Waals surface area contributed by atoms with Crippen LogP contribution in [0.4, 0.5) is 5.69 Å². The van der Waals surface area contributed by atoms with E-state index >= 15 is 0 Å². The number of unbranched alkanes of at least 4 members (excludes halogenated alkanes) is 1. The van der Waals surface area contributed by atoms with Gasteiger partial charge in [-0.25, -0.2) is 0 Å². The highest BCUT2D eigenvalue weighted by molar-refractivity contribution is 5.50. The van der Waals surface area contributed by atoms with E-state index in [2.05, 4.69) is 18.0 Å². The second-order valence-electron chi connectivity index (χ2n) is 7.71. The molecule has 29 heavy (non-hydrogen) atoms. The van der Waals surface area contributed by atoms with Crippen LogP contribution in [-0.4, -0.2) is 34.5 Å². The fraction of sp³-hybridized carbons (Fsp3) is 0.500. The van der Waals surface area contributed by atoms with Gasteiger partial charge in [-0.1, -0.05) is 44.2 Å². The normalized spacial score (nSPS) is 11.7. The van der Waals surface area contributed by atoms with Crippen LogP contribution in [0.3, 0.4) is 0 Å². The Morgan fingerprint density at radius 2 is 1.69 bits per heavy atom. The Kier molecular flexibility index (Phi) is 8.96. The van der Waals surface area contributed by atoms with Gasteiger partial charge < -0.3 is 25.0 Å². The third-order valence-electron chi connectivity index (χ3n) is 5.64. The Hall–Kier alpha value is -2.08. The number of hydrogen-bond donors (Lipinski definition) is 3. The van der Waals surface area contributed by atoms with Crippen LogP contribution in [0.5, 0.6) is 5.75 Å². The molecular formula is C24H35NO4. The summed E-state index contributed by atoms with van der Waals surface area (Å²) in [7, 11) is 2.07. The third kappa shape index (κ3) is 7.35. The van der Waals surface area contributed by atoms with Crippen molar-refractivity contribution in [2.24, 2.45) is 0 Å². The molecule has 0 atom stereocenters. The second kappa shape index (κ2) is 11.2. The van der Waals surface area contributed by atoms with Crippen LogP contribution in [-0.2, 0) is 6.61 Å². The van der Waals surface area contributed by atoms with Gasteiger partial charge >= 0.3 is 0 Å². The predicted molar refractivity (Wildman–Crippen MR) is 117 cm³/mol. The van der Waals surface area contributed by atoms with Gasteiger partial charge in [-0.2, -0.15) is 0 Å². The van der Waals surface area contributed by atoms with Gasteiger partial charge in [-0.3, -0.25) is 0 Å². The molecule has 5 nitrogen and oxygen atoms in total. The Morgan fingerprint density at radius 3 is 2.31 bits per heavy atom. The van der Waals surface area contributed by atoms with Gasteiger partial charge in [0.25, 0.3) is 0 Å². The summed E-state index contributed by atoms with van der Waals surface area (Å²) in [4.78, 5) is 2.21. The van der Waals surface area contributed by atoms with Crippen molar-refractivity contribution < 1.29 is 20.1 Å². The Labute approximate surface area is 174 Å². The van der Waals surface area contributed by atoms with Crippen LogP contribution in [0, 0.1) is 0 Å². The Balaban J connectivity index is 1.83. The number of ether oxygens (including phenoxy) is 1. The van der Waals surface area contributed by atoms with E-state index in [9.17, 15) is 5.11 Å². The van der Waals surface area contributed by atoms with Gasteiger partial charge in [-0.15, -0.1) is 0 Å². The number of aliphatic hydroxyl groups is 3. The number of hydrogen-bond acceptors (Lipinski definition) is 5. The van der Waals surface area contributed by atoms with Crippen molar-refractivity contribution in [3.05, 3.63) is 59.7 Å². The average Bonchev–Trinajstić information content (AvgIpc) is 2.75. The number of nitrogens with zero attached hydrogens (tertiary/aromatic N) is 1. The van der Waals surface area contributed by atoms with E-state index in [0.29, 0.717) is 12.2 Å². The monoisotopic (exact) mass is 401 g/mol. The van der Waals surface area contributed by atoms with Crippen LogP contribution in [0.25, 0.3) is 0 Å². The van der Waals surface area contributed by atoms with E-state index in [1.54, 1.807) is 12.1 Å². The summed E-state index contributed by atoms with van der Waals surface area (Å²) >= 11 is 0. The van der Waals surface area contributed by atoms with Gasteiger partial charge in [0.05, 0.1) is 5.60 Å². The smallest absolute Gasteiger partial charge is 0.178 e. The lowest BCUT2D eigenvalue weighted by Gasteiger charge is -2.26. The van der Waals surface area contributed by atoms with Crippen LogP contribution in [0.1, 0.15) is 63.4 Å². The zero-order valence-corrected chi connectivity index (χ0v) is 17.8. The van der Waals surface area contributed by atoms with E-state index < -0.39 is 11.9 Å². The zero-order chi connectivity index (χ0) is 21.3. The second-order valence-corrected chi connectivity index (χ2v) is 7.71. The van der Waals surface area contributed by atoms with Crippen LogP contribution < -0.4 is 9.64 Å². The van der Waals surface area contributed by atoms with Gasteiger partial charge in [0.1, 0.15) is 12.4 Å². The minimum absolute atomic E-state index is 0.418. The van der Waals surface area contributed by atoms with E-state index in [1.807, 2.05) is 44.2 Å². The molecule has 0 saturated carbocycles. The van der Waals surface area contributed by atoms with Crippen LogP contribution >= 0.6 is 0 Å². The van der Waals surface area contributed by atoms with Crippen molar-refractivity contribution in [3.8, 4) is 5.75 Å². The van der Waals surface area contributed by atoms with Crippen molar-refractivity contribution in [1.29, 1.82) is 0 Å². The maximum Gasteiger partial charge on any atom is 0.178 e. The fourth-order valence-electron chi connectivity index (χ4n) is 3.30. The summed E-state index contributed by atoms with van der Waals surface area (Å²) < 4.78 is 5.90. The highest BCUT2D eigenvalue weighted by atomic mass is 16.5. The zero-order valence-electron chi connectivity index (χ0n) is 17.8. The molecule has 0 radical (unpaired) electrons. The summed E-state index contributed by atoms with van der Waals surface area (Å²) in [5.41, 5.74) is 2.02. The highest BCUT2D eigenvalue weighted by Crippen LogP contribution is 2.24. The molecular weight excluding hydrogens is 366 g/mol. The largest absolute Gasteiger partial charge is 0.489 e. The third-order valence-corrected chi connectivity index (χ3v) is 5.64. The maximum atomic E-state index is 10.4. The molecule has 160 valence electrons. The molecule has 2 rings (SSSR count). The predicted octanol–water partition coefficient (Wildman–Crippen LogP) is 4.41. The minimum atomic E-state index is -1.45. The first-order valence-corrected chi connectivity index (χ1v) is 10.5. The molecule has 0 aromatic heterocycles. The van der Waals surface area contributed by atoms with Crippen molar-refractivity contribution >= 4 is 5.69 Å². The summed E-state index contributed by atoms with van der Waals surface area (Å²) in [6.07, 6.45) is 3.06. The first-order valence-electron chi connectivity index (χ1n) is 10.5. The standard InChI is InChI=1S/C24H35NO4/c1-4-24(28,5-2)15-6-7-16-25(3)21-9-8-10-22(17-21)29-18-19-11-13-20(14-12-19)23(26)27/h8-14,17,23,26-28H,4-7,15-16,18H2,1-3H3. The molecule has 0 heterocycles. The molecule has 0 amide bonds. The Morgan fingerprint density at radius 1 is 1.00 bits per heavy atom. The first-order chi connectivity index (χ1) is 13.9. The van der Waals surface area contributed by atoms with Crippen molar-refractivity contribution in [2.75, 3.05) is 18.5 Å². The van der Waals surface area contributed by atoms with Gasteiger partial charge in [-0.05, 0) is 49.8 Å². The molecule has 5 heteroatoms. The lowest BCUT2D eigenvalue weighted by Crippen LogP contribution is -2.27. The number of benzene rings is 2. The van der Waals surface area contributed by atoms with E-state index in [4.69, 9.17) is 14.9 Å². The molecule has 0 fully saturated rings. The molecule has 2 aromatic carbocycles. The lowest BCUT2D eigenvalue weighted by molar-refractivity contribution is -0.0425. The number of aliphatic hydroxyl groups excluding tert-OH is 1. The SMILES string of the molecule is CCC(O)(CC)CCCCN(C)c1cccc(OCc2ccc(C(O)O)cc2)c1. The van der Waals surface area contributed by atoms with Gasteiger partial charge in [0.2, 0.25) is 0 Å². The quantitative estimate of drug-likeness (QED) is 0.363. The van der Waals surface area contributed by atoms with Crippen LogP contribution in [0.15, 0.2) is 48.5 Å². The first kappa shape index (κ1) is 23.2. The minimum Gasteiger partial charge on any atom is -0.489 e. The van der Waals surface area contributed by atoms with E-state index in [-0.39, 0.29) is 0 Å². The molecule has 0 spiro atoms. The molecule has 0 unspecified atom stereocenters. The molecule has 0 bridgehead atoms. The van der Waals surface area contributed by atoms with Crippen molar-refractivity contribution in [3.63, 3.8) is 0 Å². The van der Waals surface area contributed by atoms with E-state index in [0.717, 1.165) is 55.6 Å². The topological polar surface area (TPSA) is 73.2 Å².